The summed E-state index contributed by atoms with van der Waals surface area (Å²) in [5.41, 5.74) is 7.58. The number of nitrogens with two attached hydrogens (primary N) is 1. The van der Waals surface area contributed by atoms with Crippen LogP contribution in [0.1, 0.15) is 65.5 Å². The molecule has 0 radical (unpaired) electrons. The van der Waals surface area contributed by atoms with Gasteiger partial charge in [0.05, 0.1) is 6.04 Å². The highest BCUT2D eigenvalue weighted by atomic mass is 16.4. The van der Waals surface area contributed by atoms with Gasteiger partial charge < -0.3 is 32.1 Å². The van der Waals surface area contributed by atoms with Crippen LogP contribution in [0, 0.1) is 17.8 Å². The molecule has 0 saturated heterocycles. The second-order valence-corrected chi connectivity index (χ2v) is 13.0. The van der Waals surface area contributed by atoms with Gasteiger partial charge in [-0.05, 0) is 41.7 Å². The van der Waals surface area contributed by atoms with E-state index in [4.69, 9.17) is 5.73 Å². The Hall–Kier alpha value is -4.25. The van der Waals surface area contributed by atoms with E-state index < -0.39 is 59.8 Å². The number of benzene rings is 2. The molecule has 0 fully saturated rings. The molecule has 11 heteroatoms. The summed E-state index contributed by atoms with van der Waals surface area (Å²) in [4.78, 5) is 65.8. The first-order chi connectivity index (χ1) is 21.7. The van der Waals surface area contributed by atoms with Crippen molar-refractivity contribution in [3.05, 3.63) is 71.8 Å². The Balaban J connectivity index is 2.36. The van der Waals surface area contributed by atoms with E-state index >= 15 is 0 Å². The molecule has 2 aromatic rings. The van der Waals surface area contributed by atoms with Crippen molar-refractivity contribution in [1.29, 1.82) is 0 Å². The molecule has 0 aromatic heterocycles. The number of hydrogen-bond donors (Lipinski definition) is 6. The van der Waals surface area contributed by atoms with Crippen molar-refractivity contribution in [3.63, 3.8) is 0 Å². The Morgan fingerprint density at radius 3 is 1.39 bits per heavy atom. The van der Waals surface area contributed by atoms with Crippen LogP contribution in [0.4, 0.5) is 0 Å². The zero-order valence-electron chi connectivity index (χ0n) is 27.8. The monoisotopic (exact) mass is 637 g/mol. The smallest absolute Gasteiger partial charge is 0.326 e. The molecule has 2 rings (SSSR count). The van der Waals surface area contributed by atoms with Crippen molar-refractivity contribution in [1.82, 2.24) is 21.3 Å². The van der Waals surface area contributed by atoms with Crippen molar-refractivity contribution in [2.45, 2.75) is 97.4 Å². The van der Waals surface area contributed by atoms with Crippen LogP contribution < -0.4 is 27.0 Å². The number of aliphatic carboxylic acids is 1. The van der Waals surface area contributed by atoms with Gasteiger partial charge in [-0.2, -0.15) is 0 Å². The Morgan fingerprint density at radius 2 is 1.00 bits per heavy atom. The first-order valence-corrected chi connectivity index (χ1v) is 16.0. The summed E-state index contributed by atoms with van der Waals surface area (Å²) in [6, 6.07) is 13.0. The van der Waals surface area contributed by atoms with Gasteiger partial charge in [0.15, 0.2) is 0 Å². The minimum Gasteiger partial charge on any atom is -0.480 e. The quantitative estimate of drug-likeness (QED) is 0.145. The summed E-state index contributed by atoms with van der Waals surface area (Å²) in [5, 5.41) is 20.6. The van der Waals surface area contributed by atoms with E-state index in [1.807, 2.05) is 64.1 Å². The van der Waals surface area contributed by atoms with Gasteiger partial charge in [0.2, 0.25) is 23.6 Å². The minimum atomic E-state index is -1.17. The predicted octanol–water partition coefficient (Wildman–Crippen LogP) is 2.57. The fraction of sp³-hybridized carbons (Fsp3) is 0.514. The van der Waals surface area contributed by atoms with Crippen LogP contribution in [0.3, 0.4) is 0 Å². The molecule has 0 aliphatic rings. The number of amides is 4. The summed E-state index contributed by atoms with van der Waals surface area (Å²) in [6.45, 7) is 11.2. The largest absolute Gasteiger partial charge is 0.480 e. The van der Waals surface area contributed by atoms with E-state index in [9.17, 15) is 29.1 Å². The molecule has 7 N–H and O–H groups in total. The van der Waals surface area contributed by atoms with E-state index in [1.165, 1.54) is 0 Å². The zero-order valence-corrected chi connectivity index (χ0v) is 27.8. The van der Waals surface area contributed by atoms with Gasteiger partial charge in [0.1, 0.15) is 24.2 Å². The van der Waals surface area contributed by atoms with Crippen molar-refractivity contribution in [2.24, 2.45) is 23.5 Å². The Kier molecular flexibility index (Phi) is 15.4. The van der Waals surface area contributed by atoms with E-state index in [0.29, 0.717) is 6.42 Å². The second-order valence-electron chi connectivity index (χ2n) is 13.0. The van der Waals surface area contributed by atoms with Gasteiger partial charge in [-0.25, -0.2) is 4.79 Å². The highest BCUT2D eigenvalue weighted by Gasteiger charge is 2.33. The third-order valence-electron chi connectivity index (χ3n) is 7.46. The van der Waals surface area contributed by atoms with Crippen LogP contribution in [0.2, 0.25) is 0 Å². The fourth-order valence-electron chi connectivity index (χ4n) is 5.03. The van der Waals surface area contributed by atoms with Crippen molar-refractivity contribution < 1.29 is 29.1 Å². The summed E-state index contributed by atoms with van der Waals surface area (Å²) < 4.78 is 0. The third kappa shape index (κ3) is 13.0. The van der Waals surface area contributed by atoms with Crippen LogP contribution in [-0.2, 0) is 36.8 Å². The third-order valence-corrected chi connectivity index (χ3v) is 7.46. The molecule has 0 bridgehead atoms. The van der Waals surface area contributed by atoms with Crippen molar-refractivity contribution in [3.8, 4) is 0 Å². The van der Waals surface area contributed by atoms with Crippen molar-refractivity contribution >= 4 is 29.6 Å². The van der Waals surface area contributed by atoms with Crippen LogP contribution in [0.25, 0.3) is 0 Å². The van der Waals surface area contributed by atoms with Gasteiger partial charge in [0, 0.05) is 12.8 Å². The number of rotatable bonds is 18. The van der Waals surface area contributed by atoms with Crippen LogP contribution >= 0.6 is 0 Å². The number of carbonyl (C=O) groups is 5. The van der Waals surface area contributed by atoms with Gasteiger partial charge in [-0.15, -0.1) is 0 Å². The molecule has 0 spiro atoms. The highest BCUT2D eigenvalue weighted by Crippen LogP contribution is 2.11. The van der Waals surface area contributed by atoms with E-state index in [0.717, 1.165) is 11.1 Å². The normalized spacial score (nSPS) is 14.6. The van der Waals surface area contributed by atoms with E-state index in [-0.39, 0.29) is 37.0 Å². The molecule has 252 valence electrons. The second kappa shape index (κ2) is 18.7. The molecule has 11 nitrogen and oxygen atoms in total. The predicted molar refractivity (Wildman–Crippen MR) is 177 cm³/mol. The SMILES string of the molecule is CC(C)CC(N)C(=O)NC(C(=O)NC(Cc1ccccc1)C(=O)NC(Cc1ccccc1)C(=O)NC(CC(C)C)C(=O)O)C(C)C. The molecule has 4 amide bonds. The van der Waals surface area contributed by atoms with Gasteiger partial charge in [-0.3, -0.25) is 19.2 Å². The molecule has 0 aliphatic carbocycles. The fourth-order valence-corrected chi connectivity index (χ4v) is 5.03. The van der Waals surface area contributed by atoms with Crippen molar-refractivity contribution in [2.75, 3.05) is 0 Å². The van der Waals surface area contributed by atoms with Gasteiger partial charge >= 0.3 is 5.97 Å². The molecule has 46 heavy (non-hydrogen) atoms. The Morgan fingerprint density at radius 1 is 0.587 bits per heavy atom. The number of hydrogen-bond acceptors (Lipinski definition) is 6. The highest BCUT2D eigenvalue weighted by molar-refractivity contribution is 5.95. The number of carboxylic acid groups (broad SMARTS) is 1. The molecule has 0 heterocycles. The molecule has 5 atom stereocenters. The number of nitrogens with one attached hydrogen (secondary N) is 4. The maximum atomic E-state index is 13.9. The first-order valence-electron chi connectivity index (χ1n) is 16.0. The topological polar surface area (TPSA) is 180 Å². The lowest BCUT2D eigenvalue weighted by molar-refractivity contribution is -0.142. The van der Waals surface area contributed by atoms with Crippen LogP contribution in [0.15, 0.2) is 60.7 Å². The van der Waals surface area contributed by atoms with Crippen LogP contribution in [-0.4, -0.2) is 64.9 Å². The molecule has 0 aliphatic heterocycles. The Bertz CT molecular complexity index is 1280. The lowest BCUT2D eigenvalue weighted by Gasteiger charge is -2.28. The minimum absolute atomic E-state index is 0.00310. The summed E-state index contributed by atoms with van der Waals surface area (Å²) in [5.74, 6) is -3.61. The lowest BCUT2D eigenvalue weighted by atomic mass is 9.98. The lowest BCUT2D eigenvalue weighted by Crippen LogP contribution is -2.60. The summed E-state index contributed by atoms with van der Waals surface area (Å²) in [6.07, 6.45) is 0.858. The molecule has 5 unspecified atom stereocenters. The van der Waals surface area contributed by atoms with Gasteiger partial charge in [-0.1, -0.05) is 102 Å². The van der Waals surface area contributed by atoms with Gasteiger partial charge in [0.25, 0.3) is 0 Å². The summed E-state index contributed by atoms with van der Waals surface area (Å²) >= 11 is 0. The molecular formula is C35H51N5O6. The average molecular weight is 638 g/mol. The zero-order chi connectivity index (χ0) is 34.4. The van der Waals surface area contributed by atoms with Crippen LogP contribution in [0.5, 0.6) is 0 Å². The molecular weight excluding hydrogens is 586 g/mol. The maximum absolute atomic E-state index is 13.9. The molecule has 2 aromatic carbocycles. The summed E-state index contributed by atoms with van der Waals surface area (Å²) in [7, 11) is 0. The molecule has 0 saturated carbocycles. The van der Waals surface area contributed by atoms with E-state index in [2.05, 4.69) is 21.3 Å². The maximum Gasteiger partial charge on any atom is 0.326 e. The number of carbonyl (C=O) groups excluding carboxylic acids is 4. The Labute approximate surface area is 272 Å². The number of carboxylic acids is 1. The average Bonchev–Trinajstić information content (AvgIpc) is 2.98. The van der Waals surface area contributed by atoms with E-state index in [1.54, 1.807) is 38.1 Å². The first kappa shape index (κ1) is 37.9. The standard InChI is InChI=1S/C35H51N5O6/c1-21(2)17-26(36)31(41)40-30(23(5)6)34(44)38-28(20-25-15-11-8-12-16-25)32(42)37-27(19-24-13-9-7-10-14-24)33(43)39-29(35(45)46)18-22(3)4/h7-16,21-23,26-30H,17-20,36H2,1-6H3,(H,37,42)(H,38,44)(H,39,43)(H,40,41)(H,45,46).